The van der Waals surface area contributed by atoms with Crippen molar-refractivity contribution >= 4 is 5.97 Å². The second-order valence-corrected chi connectivity index (χ2v) is 3.18. The molecule has 1 N–H and O–H groups in total. The molecule has 0 amide bonds. The summed E-state index contributed by atoms with van der Waals surface area (Å²) < 4.78 is 9.51. The largest absolute Gasteiger partial charge is 0.504 e. The minimum Gasteiger partial charge on any atom is -0.504 e. The number of benzene rings is 1. The number of carbonyl (C=O) groups is 1. The molecule has 4 nitrogen and oxygen atoms in total. The Hall–Kier alpha value is -1.71. The van der Waals surface area contributed by atoms with Crippen LogP contribution in [0.25, 0.3) is 0 Å². The summed E-state index contributed by atoms with van der Waals surface area (Å²) in [6, 6.07) is 4.84. The maximum atomic E-state index is 11.2. The van der Waals surface area contributed by atoms with Crippen molar-refractivity contribution in [3.8, 4) is 11.5 Å². The van der Waals surface area contributed by atoms with E-state index in [0.717, 1.165) is 0 Å². The first-order valence-electron chi connectivity index (χ1n) is 4.55. The summed E-state index contributed by atoms with van der Waals surface area (Å²) in [7, 11) is 2.81. The third-order valence-electron chi connectivity index (χ3n) is 2.26. The highest BCUT2D eigenvalue weighted by molar-refractivity contribution is 5.77. The minimum atomic E-state index is -0.396. The number of carbonyl (C=O) groups excluding carboxylic acids is 1. The van der Waals surface area contributed by atoms with Crippen LogP contribution in [0.2, 0.25) is 0 Å². The molecule has 0 radical (unpaired) electrons. The third kappa shape index (κ3) is 2.40. The molecule has 0 spiro atoms. The summed E-state index contributed by atoms with van der Waals surface area (Å²) in [5.41, 5.74) is 0.695. The number of rotatable bonds is 3. The van der Waals surface area contributed by atoms with Crippen molar-refractivity contribution < 1.29 is 19.4 Å². The molecule has 4 heteroatoms. The van der Waals surface area contributed by atoms with Crippen molar-refractivity contribution in [1.29, 1.82) is 0 Å². The molecule has 0 aromatic heterocycles. The predicted molar refractivity (Wildman–Crippen MR) is 55.1 cm³/mol. The van der Waals surface area contributed by atoms with Crippen molar-refractivity contribution in [3.63, 3.8) is 0 Å². The van der Waals surface area contributed by atoms with E-state index in [-0.39, 0.29) is 11.7 Å². The molecule has 1 rings (SSSR count). The van der Waals surface area contributed by atoms with Gasteiger partial charge in [-0.1, -0.05) is 6.07 Å². The van der Waals surface area contributed by atoms with Crippen LogP contribution in [0, 0.1) is 0 Å². The van der Waals surface area contributed by atoms with Gasteiger partial charge < -0.3 is 14.6 Å². The molecule has 0 aliphatic heterocycles. The van der Waals surface area contributed by atoms with E-state index in [0.29, 0.717) is 11.3 Å². The highest BCUT2D eigenvalue weighted by atomic mass is 16.5. The second-order valence-electron chi connectivity index (χ2n) is 3.18. The maximum Gasteiger partial charge on any atom is 0.312 e. The predicted octanol–water partition coefficient (Wildman–Crippen LogP) is 1.68. The van der Waals surface area contributed by atoms with Crippen molar-refractivity contribution in [3.05, 3.63) is 23.8 Å². The van der Waals surface area contributed by atoms with E-state index in [2.05, 4.69) is 4.74 Å². The van der Waals surface area contributed by atoms with Crippen molar-refractivity contribution in [2.24, 2.45) is 0 Å². The zero-order valence-electron chi connectivity index (χ0n) is 8.98. The molecule has 0 aliphatic rings. The van der Waals surface area contributed by atoms with E-state index in [9.17, 15) is 9.90 Å². The molecule has 1 atom stereocenters. The van der Waals surface area contributed by atoms with E-state index in [1.807, 2.05) is 0 Å². The highest BCUT2D eigenvalue weighted by Gasteiger charge is 2.16. The van der Waals surface area contributed by atoms with Crippen molar-refractivity contribution in [2.75, 3.05) is 14.2 Å². The van der Waals surface area contributed by atoms with Gasteiger partial charge >= 0.3 is 5.97 Å². The number of methoxy groups -OCH3 is 2. The first-order valence-corrected chi connectivity index (χ1v) is 4.55. The summed E-state index contributed by atoms with van der Waals surface area (Å²) in [5.74, 6) is -0.326. The summed E-state index contributed by atoms with van der Waals surface area (Å²) in [4.78, 5) is 11.2. The van der Waals surface area contributed by atoms with E-state index in [1.165, 1.54) is 20.3 Å². The van der Waals surface area contributed by atoms with Crippen LogP contribution in [0.3, 0.4) is 0 Å². The van der Waals surface area contributed by atoms with Gasteiger partial charge in [0.1, 0.15) is 0 Å². The molecule has 0 fully saturated rings. The fourth-order valence-corrected chi connectivity index (χ4v) is 1.29. The fraction of sp³-hybridized carbons (Fsp3) is 0.364. The molecule has 15 heavy (non-hydrogen) atoms. The van der Waals surface area contributed by atoms with Gasteiger partial charge in [0.05, 0.1) is 20.1 Å². The Morgan fingerprint density at radius 2 is 2.07 bits per heavy atom. The number of phenolic OH excluding ortho intramolecular Hbond substituents is 1. The minimum absolute atomic E-state index is 0.0192. The van der Waals surface area contributed by atoms with Gasteiger partial charge in [0.25, 0.3) is 0 Å². The Bertz CT molecular complexity index is 360. The standard InChI is InChI=1S/C11H14O4/c1-7(11(13)15-3)8-4-5-10(14-2)9(12)6-8/h4-7,12H,1-3H3. The Labute approximate surface area is 88.4 Å². The van der Waals surface area contributed by atoms with Gasteiger partial charge in [-0.2, -0.15) is 0 Å². The Kier molecular flexibility index (Phi) is 3.55. The van der Waals surface area contributed by atoms with Crippen molar-refractivity contribution in [1.82, 2.24) is 0 Å². The molecule has 0 heterocycles. The van der Waals surface area contributed by atoms with Gasteiger partial charge in [-0.05, 0) is 24.6 Å². The van der Waals surface area contributed by atoms with Crippen LogP contribution in [0.5, 0.6) is 11.5 Å². The molecular formula is C11H14O4. The molecule has 0 saturated carbocycles. The molecule has 0 bridgehead atoms. The lowest BCUT2D eigenvalue weighted by atomic mass is 10.0. The zero-order valence-corrected chi connectivity index (χ0v) is 8.98. The van der Waals surface area contributed by atoms with E-state index in [4.69, 9.17) is 4.74 Å². The Morgan fingerprint density at radius 1 is 1.40 bits per heavy atom. The molecular weight excluding hydrogens is 196 g/mol. The molecule has 0 aliphatic carbocycles. The normalized spacial score (nSPS) is 11.9. The van der Waals surface area contributed by atoms with Gasteiger partial charge in [0.2, 0.25) is 0 Å². The van der Waals surface area contributed by atoms with E-state index in [1.54, 1.807) is 19.1 Å². The number of ether oxygens (including phenoxy) is 2. The zero-order chi connectivity index (χ0) is 11.4. The van der Waals surface area contributed by atoms with Gasteiger partial charge in [-0.15, -0.1) is 0 Å². The lowest BCUT2D eigenvalue weighted by Crippen LogP contribution is -2.10. The van der Waals surface area contributed by atoms with Gasteiger partial charge in [-0.3, -0.25) is 4.79 Å². The SMILES string of the molecule is COC(=O)C(C)c1ccc(OC)c(O)c1. The fourth-order valence-electron chi connectivity index (χ4n) is 1.29. The van der Waals surface area contributed by atoms with Crippen LogP contribution < -0.4 is 4.74 Å². The Balaban J connectivity index is 2.97. The number of esters is 1. The van der Waals surface area contributed by atoms with Gasteiger partial charge in [-0.25, -0.2) is 0 Å². The number of hydrogen-bond donors (Lipinski definition) is 1. The van der Waals surface area contributed by atoms with Crippen LogP contribution in [-0.4, -0.2) is 25.3 Å². The van der Waals surface area contributed by atoms with Crippen LogP contribution in [0.1, 0.15) is 18.4 Å². The lowest BCUT2D eigenvalue weighted by molar-refractivity contribution is -0.141. The number of phenols is 1. The van der Waals surface area contributed by atoms with Gasteiger partial charge in [0, 0.05) is 0 Å². The molecule has 1 aromatic rings. The highest BCUT2D eigenvalue weighted by Crippen LogP contribution is 2.29. The maximum absolute atomic E-state index is 11.2. The second kappa shape index (κ2) is 4.68. The monoisotopic (exact) mass is 210 g/mol. The van der Waals surface area contributed by atoms with Gasteiger partial charge in [0.15, 0.2) is 11.5 Å². The summed E-state index contributed by atoms with van der Waals surface area (Å²) in [6.07, 6.45) is 0. The summed E-state index contributed by atoms with van der Waals surface area (Å²) in [6.45, 7) is 1.72. The summed E-state index contributed by atoms with van der Waals surface area (Å²) in [5, 5.41) is 9.52. The van der Waals surface area contributed by atoms with Crippen molar-refractivity contribution in [2.45, 2.75) is 12.8 Å². The summed E-state index contributed by atoms with van der Waals surface area (Å²) >= 11 is 0. The molecule has 1 unspecified atom stereocenters. The van der Waals surface area contributed by atoms with Crippen LogP contribution in [0.4, 0.5) is 0 Å². The first-order chi connectivity index (χ1) is 7.10. The van der Waals surface area contributed by atoms with Crippen LogP contribution >= 0.6 is 0 Å². The molecule has 82 valence electrons. The molecule has 0 saturated heterocycles. The van der Waals surface area contributed by atoms with Crippen LogP contribution in [-0.2, 0) is 9.53 Å². The topological polar surface area (TPSA) is 55.8 Å². The smallest absolute Gasteiger partial charge is 0.312 e. The van der Waals surface area contributed by atoms with E-state index < -0.39 is 5.92 Å². The third-order valence-corrected chi connectivity index (χ3v) is 2.26. The van der Waals surface area contributed by atoms with Crippen LogP contribution in [0.15, 0.2) is 18.2 Å². The van der Waals surface area contributed by atoms with E-state index >= 15 is 0 Å². The molecule has 1 aromatic carbocycles. The number of hydrogen-bond acceptors (Lipinski definition) is 4. The first kappa shape index (κ1) is 11.4. The lowest BCUT2D eigenvalue weighted by Gasteiger charge is -2.11. The average molecular weight is 210 g/mol. The Morgan fingerprint density at radius 3 is 2.53 bits per heavy atom. The quantitative estimate of drug-likeness (QED) is 0.771. The number of aromatic hydroxyl groups is 1. The average Bonchev–Trinajstić information content (AvgIpc) is 2.26.